The van der Waals surface area contributed by atoms with E-state index in [0.29, 0.717) is 0 Å². The average molecular weight is 195 g/mol. The maximum Gasteiger partial charge on any atom is 0.111 e. The minimum absolute atomic E-state index is 0.735. The fraction of sp³-hybridized carbons (Fsp3) is 0.300. The summed E-state index contributed by atoms with van der Waals surface area (Å²) in [6.07, 6.45) is 1.00. The molecule has 1 aromatic carbocycles. The molecule has 0 aliphatic heterocycles. The molecule has 2 rings (SSSR count). The molecule has 0 bridgehead atoms. The number of aromatic amines is 1. The predicted molar refractivity (Wildman–Crippen MR) is 55.2 cm³/mol. The van der Waals surface area contributed by atoms with Crippen molar-refractivity contribution >= 4 is 22.5 Å². The number of H-pyrrole nitrogens is 1. The van der Waals surface area contributed by atoms with Crippen molar-refractivity contribution in [1.29, 1.82) is 0 Å². The van der Waals surface area contributed by atoms with Crippen molar-refractivity contribution < 1.29 is 0 Å². The van der Waals surface area contributed by atoms with E-state index in [-0.39, 0.29) is 0 Å². The van der Waals surface area contributed by atoms with E-state index in [9.17, 15) is 0 Å². The number of halogens is 1. The van der Waals surface area contributed by atoms with E-state index in [1.165, 1.54) is 5.56 Å². The number of aromatic nitrogens is 2. The number of nitrogens with one attached hydrogen (secondary N) is 1. The van der Waals surface area contributed by atoms with E-state index < -0.39 is 0 Å². The summed E-state index contributed by atoms with van der Waals surface area (Å²) < 4.78 is 0. The molecule has 0 aliphatic rings. The third kappa shape index (κ3) is 1.31. The summed E-state index contributed by atoms with van der Waals surface area (Å²) in [4.78, 5) is 0. The van der Waals surface area contributed by atoms with Crippen LogP contribution < -0.4 is 0 Å². The van der Waals surface area contributed by atoms with Crippen molar-refractivity contribution in [1.82, 2.24) is 10.2 Å². The Bertz CT molecular complexity index is 445. The normalized spacial score (nSPS) is 11.0. The van der Waals surface area contributed by atoms with Crippen LogP contribution in [-0.2, 0) is 6.42 Å². The monoisotopic (exact) mass is 194 g/mol. The lowest BCUT2D eigenvalue weighted by atomic mass is 10.1. The van der Waals surface area contributed by atoms with Crippen LogP contribution in [0.25, 0.3) is 10.9 Å². The van der Waals surface area contributed by atoms with Crippen LogP contribution in [0.2, 0.25) is 5.02 Å². The van der Waals surface area contributed by atoms with Gasteiger partial charge in [-0.25, -0.2) is 0 Å². The van der Waals surface area contributed by atoms with E-state index in [0.717, 1.165) is 28.0 Å². The molecule has 2 nitrogen and oxygen atoms in total. The Kier molecular flexibility index (Phi) is 2.00. The lowest BCUT2D eigenvalue weighted by Crippen LogP contribution is -1.81. The van der Waals surface area contributed by atoms with Gasteiger partial charge in [0.1, 0.15) is 5.52 Å². The van der Waals surface area contributed by atoms with Gasteiger partial charge in [-0.05, 0) is 31.0 Å². The molecule has 1 aromatic heterocycles. The van der Waals surface area contributed by atoms with Gasteiger partial charge in [0.05, 0.1) is 5.02 Å². The third-order valence-electron chi connectivity index (χ3n) is 2.27. The Morgan fingerprint density at radius 3 is 2.92 bits per heavy atom. The summed E-state index contributed by atoms with van der Waals surface area (Å²) in [7, 11) is 0. The second-order valence-corrected chi connectivity index (χ2v) is 3.58. The summed E-state index contributed by atoms with van der Waals surface area (Å²) in [5.41, 5.74) is 3.20. The van der Waals surface area contributed by atoms with Crippen LogP contribution in [-0.4, -0.2) is 10.2 Å². The Morgan fingerprint density at radius 2 is 2.23 bits per heavy atom. The first-order valence-electron chi connectivity index (χ1n) is 4.35. The highest BCUT2D eigenvalue weighted by atomic mass is 35.5. The molecule has 0 fully saturated rings. The highest BCUT2D eigenvalue weighted by Gasteiger charge is 2.06. The minimum Gasteiger partial charge on any atom is -0.282 e. The van der Waals surface area contributed by atoms with Crippen molar-refractivity contribution in [2.45, 2.75) is 20.3 Å². The highest BCUT2D eigenvalue weighted by molar-refractivity contribution is 6.35. The van der Waals surface area contributed by atoms with Gasteiger partial charge in [0.25, 0.3) is 0 Å². The van der Waals surface area contributed by atoms with Gasteiger partial charge < -0.3 is 0 Å². The summed E-state index contributed by atoms with van der Waals surface area (Å²) in [6.45, 7) is 4.12. The van der Waals surface area contributed by atoms with Crippen LogP contribution in [0.5, 0.6) is 0 Å². The maximum absolute atomic E-state index is 6.07. The van der Waals surface area contributed by atoms with E-state index in [2.05, 4.69) is 23.2 Å². The summed E-state index contributed by atoms with van der Waals surface area (Å²) in [5, 5.41) is 8.93. The van der Waals surface area contributed by atoms with Gasteiger partial charge in [0.15, 0.2) is 0 Å². The fourth-order valence-electron chi connectivity index (χ4n) is 1.46. The summed E-state index contributed by atoms with van der Waals surface area (Å²) in [5.74, 6) is 0. The fourth-order valence-corrected chi connectivity index (χ4v) is 1.74. The molecule has 0 unspecified atom stereocenters. The van der Waals surface area contributed by atoms with Crippen LogP contribution in [0.15, 0.2) is 12.1 Å². The van der Waals surface area contributed by atoms with Gasteiger partial charge >= 0.3 is 0 Å². The van der Waals surface area contributed by atoms with Gasteiger partial charge in [-0.15, -0.1) is 0 Å². The lowest BCUT2D eigenvalue weighted by Gasteiger charge is -1.98. The van der Waals surface area contributed by atoms with Crippen molar-refractivity contribution in [3.05, 3.63) is 28.4 Å². The molecule has 68 valence electrons. The lowest BCUT2D eigenvalue weighted by molar-refractivity contribution is 1.07. The Balaban J connectivity index is 2.80. The van der Waals surface area contributed by atoms with Crippen LogP contribution in [0.4, 0.5) is 0 Å². The molecule has 13 heavy (non-hydrogen) atoms. The number of aryl methyl sites for hydroxylation is 2. The molecule has 0 amide bonds. The first-order valence-corrected chi connectivity index (χ1v) is 4.73. The molecule has 1 N–H and O–H groups in total. The van der Waals surface area contributed by atoms with Crippen molar-refractivity contribution in [2.75, 3.05) is 0 Å². The standard InChI is InChI=1S/C10H11ClN2/c1-3-7-4-8-6(2)12-13-10(8)9(11)5-7/h4-5H,3H2,1-2H3,(H,12,13). The predicted octanol–water partition coefficient (Wildman–Crippen LogP) is 3.09. The number of nitrogens with zero attached hydrogens (tertiary/aromatic N) is 1. The Hall–Kier alpha value is -1.02. The molecule has 3 heteroatoms. The second-order valence-electron chi connectivity index (χ2n) is 3.18. The highest BCUT2D eigenvalue weighted by Crippen LogP contribution is 2.25. The van der Waals surface area contributed by atoms with Crippen molar-refractivity contribution in [3.63, 3.8) is 0 Å². The van der Waals surface area contributed by atoms with Crippen LogP contribution in [0.3, 0.4) is 0 Å². The second kappa shape index (κ2) is 3.04. The third-order valence-corrected chi connectivity index (χ3v) is 2.56. The molecule has 0 radical (unpaired) electrons. The van der Waals surface area contributed by atoms with E-state index >= 15 is 0 Å². The van der Waals surface area contributed by atoms with E-state index in [1.807, 2.05) is 13.0 Å². The molecular formula is C10H11ClN2. The first kappa shape index (κ1) is 8.57. The van der Waals surface area contributed by atoms with Gasteiger partial charge in [0.2, 0.25) is 0 Å². The number of hydrogen-bond acceptors (Lipinski definition) is 1. The van der Waals surface area contributed by atoms with Crippen LogP contribution >= 0.6 is 11.6 Å². The quantitative estimate of drug-likeness (QED) is 0.743. The van der Waals surface area contributed by atoms with Crippen molar-refractivity contribution in [3.8, 4) is 0 Å². The summed E-state index contributed by atoms with van der Waals surface area (Å²) >= 11 is 6.07. The molecule has 2 aromatic rings. The van der Waals surface area contributed by atoms with Crippen LogP contribution in [0, 0.1) is 6.92 Å². The van der Waals surface area contributed by atoms with Gasteiger partial charge in [-0.2, -0.15) is 5.10 Å². The number of benzene rings is 1. The molecule has 0 spiro atoms. The maximum atomic E-state index is 6.07. The number of hydrogen-bond donors (Lipinski definition) is 1. The van der Waals surface area contributed by atoms with Gasteiger partial charge in [0, 0.05) is 11.1 Å². The molecule has 0 atom stereocenters. The molecule has 1 heterocycles. The minimum atomic E-state index is 0.735. The summed E-state index contributed by atoms with van der Waals surface area (Å²) in [6, 6.07) is 4.12. The Morgan fingerprint density at radius 1 is 1.46 bits per heavy atom. The SMILES string of the molecule is CCc1cc(Cl)c2n[nH]c(C)c2c1. The zero-order valence-electron chi connectivity index (χ0n) is 7.69. The topological polar surface area (TPSA) is 28.7 Å². The smallest absolute Gasteiger partial charge is 0.111 e. The van der Waals surface area contributed by atoms with E-state index in [4.69, 9.17) is 11.6 Å². The van der Waals surface area contributed by atoms with Crippen molar-refractivity contribution in [2.24, 2.45) is 0 Å². The molecule has 0 aliphatic carbocycles. The first-order chi connectivity index (χ1) is 6.22. The van der Waals surface area contributed by atoms with Crippen LogP contribution in [0.1, 0.15) is 18.2 Å². The zero-order valence-corrected chi connectivity index (χ0v) is 8.44. The molecule has 0 saturated carbocycles. The number of fused-ring (bicyclic) bond motifs is 1. The molecule has 0 saturated heterocycles. The van der Waals surface area contributed by atoms with Gasteiger partial charge in [-0.1, -0.05) is 18.5 Å². The van der Waals surface area contributed by atoms with Gasteiger partial charge in [-0.3, -0.25) is 5.10 Å². The largest absolute Gasteiger partial charge is 0.282 e. The number of rotatable bonds is 1. The molecular weight excluding hydrogens is 184 g/mol. The zero-order chi connectivity index (χ0) is 9.42. The average Bonchev–Trinajstić information content (AvgIpc) is 2.48. The van der Waals surface area contributed by atoms with E-state index in [1.54, 1.807) is 0 Å². The Labute approximate surface area is 81.9 Å².